The van der Waals surface area contributed by atoms with Crippen LogP contribution in [0.1, 0.15) is 111 Å². The molecule has 7 heteroatoms. The third-order valence-corrected chi connectivity index (χ3v) is 6.54. The Morgan fingerprint density at radius 2 is 1.39 bits per heavy atom. The van der Waals surface area contributed by atoms with Crippen molar-refractivity contribution >= 4 is 5.91 Å². The number of nitrogens with one attached hydrogen (secondary N) is 1. The first-order valence-corrected chi connectivity index (χ1v) is 13.2. The lowest BCUT2D eigenvalue weighted by atomic mass is 10.0. The highest BCUT2D eigenvalue weighted by atomic mass is 19.4. The minimum Gasteiger partial charge on any atom is -0.352 e. The van der Waals surface area contributed by atoms with Crippen LogP contribution in [0.25, 0.3) is 0 Å². The minimum atomic E-state index is -4.39. The van der Waals surface area contributed by atoms with Gasteiger partial charge in [0.05, 0.1) is 11.6 Å². The molecule has 2 aromatic carbocycles. The normalized spacial score (nSPS) is 12.6. The van der Waals surface area contributed by atoms with Gasteiger partial charge in [0.2, 0.25) is 0 Å². The van der Waals surface area contributed by atoms with E-state index in [1.54, 1.807) is 31.2 Å². The van der Waals surface area contributed by atoms with Crippen molar-refractivity contribution in [3.05, 3.63) is 70.8 Å². The number of carbonyl (C=O) groups is 1. The maximum Gasteiger partial charge on any atom is 0.416 e. The van der Waals surface area contributed by atoms with Crippen molar-refractivity contribution in [1.82, 2.24) is 10.4 Å². The highest BCUT2D eigenvalue weighted by Gasteiger charge is 2.30. The number of benzene rings is 2. The number of rotatable bonds is 16. The Morgan fingerprint density at radius 3 is 1.92 bits per heavy atom. The van der Waals surface area contributed by atoms with E-state index in [-0.39, 0.29) is 12.5 Å². The zero-order valence-electron chi connectivity index (χ0n) is 21.6. The number of unbranched alkanes of at least 4 members (excludes halogenated alkanes) is 9. The zero-order chi connectivity index (χ0) is 26.4. The average molecular weight is 507 g/mol. The molecular formula is C29H41F3N2O2. The molecule has 0 radical (unpaired) electrons. The molecule has 0 spiro atoms. The SMILES string of the molecule is CCCCCCCCCCCCNC(=O)c1ccc(CN(O)C(C)c2ccc(C(F)(F)F)cc2)cc1. The molecule has 2 rings (SSSR count). The van der Waals surface area contributed by atoms with Gasteiger partial charge in [-0.15, -0.1) is 0 Å². The summed E-state index contributed by atoms with van der Waals surface area (Å²) in [4.78, 5) is 12.4. The summed E-state index contributed by atoms with van der Waals surface area (Å²) in [6, 6.07) is 11.3. The van der Waals surface area contributed by atoms with E-state index >= 15 is 0 Å². The van der Waals surface area contributed by atoms with Gasteiger partial charge in [-0.25, -0.2) is 0 Å². The van der Waals surface area contributed by atoms with E-state index in [4.69, 9.17) is 0 Å². The second-order valence-corrected chi connectivity index (χ2v) is 9.53. The van der Waals surface area contributed by atoms with Crippen LogP contribution >= 0.6 is 0 Å². The molecule has 1 unspecified atom stereocenters. The molecule has 0 aromatic heterocycles. The van der Waals surface area contributed by atoms with E-state index in [0.717, 1.165) is 35.6 Å². The summed E-state index contributed by atoms with van der Waals surface area (Å²) >= 11 is 0. The molecule has 0 saturated heterocycles. The Hall–Kier alpha value is -2.38. The molecule has 0 saturated carbocycles. The summed E-state index contributed by atoms with van der Waals surface area (Å²) in [6.07, 6.45) is 8.13. The lowest BCUT2D eigenvalue weighted by Gasteiger charge is -2.23. The second-order valence-electron chi connectivity index (χ2n) is 9.53. The van der Waals surface area contributed by atoms with Crippen molar-refractivity contribution in [2.24, 2.45) is 0 Å². The minimum absolute atomic E-state index is 0.114. The number of halogens is 3. The first kappa shape index (κ1) is 29.8. The van der Waals surface area contributed by atoms with Gasteiger partial charge in [-0.3, -0.25) is 4.79 Å². The van der Waals surface area contributed by atoms with Crippen LogP contribution in [-0.4, -0.2) is 22.7 Å². The molecule has 0 aliphatic carbocycles. The molecule has 0 heterocycles. The maximum absolute atomic E-state index is 12.8. The van der Waals surface area contributed by atoms with E-state index in [1.165, 1.54) is 63.5 Å². The number of hydroxylamine groups is 2. The van der Waals surface area contributed by atoms with Crippen LogP contribution in [-0.2, 0) is 12.7 Å². The molecule has 0 bridgehead atoms. The Kier molecular flexibility index (Phi) is 13.0. The molecule has 1 atom stereocenters. The summed E-state index contributed by atoms with van der Waals surface area (Å²) in [5, 5.41) is 14.5. The lowest BCUT2D eigenvalue weighted by Crippen LogP contribution is -2.25. The van der Waals surface area contributed by atoms with Crippen molar-refractivity contribution in [1.29, 1.82) is 0 Å². The highest BCUT2D eigenvalue weighted by molar-refractivity contribution is 5.94. The molecule has 4 nitrogen and oxygen atoms in total. The molecular weight excluding hydrogens is 465 g/mol. The summed E-state index contributed by atoms with van der Waals surface area (Å²) in [5.74, 6) is -0.114. The fraction of sp³-hybridized carbons (Fsp3) is 0.552. The van der Waals surface area contributed by atoms with E-state index in [9.17, 15) is 23.2 Å². The van der Waals surface area contributed by atoms with Crippen LogP contribution in [0.2, 0.25) is 0 Å². The van der Waals surface area contributed by atoms with Crippen molar-refractivity contribution in [3.8, 4) is 0 Å². The predicted octanol–water partition coefficient (Wildman–Crippen LogP) is 8.31. The van der Waals surface area contributed by atoms with Crippen LogP contribution in [0.4, 0.5) is 13.2 Å². The molecule has 0 fully saturated rings. The maximum atomic E-state index is 12.8. The Morgan fingerprint density at radius 1 is 0.861 bits per heavy atom. The fourth-order valence-corrected chi connectivity index (χ4v) is 4.12. The Balaban J connectivity index is 1.68. The molecule has 0 aliphatic rings. The smallest absolute Gasteiger partial charge is 0.352 e. The highest BCUT2D eigenvalue weighted by Crippen LogP contribution is 2.30. The van der Waals surface area contributed by atoms with Gasteiger partial charge >= 0.3 is 6.18 Å². The molecule has 2 aromatic rings. The van der Waals surface area contributed by atoms with Crippen LogP contribution < -0.4 is 5.32 Å². The van der Waals surface area contributed by atoms with Gasteiger partial charge in [-0.2, -0.15) is 18.2 Å². The van der Waals surface area contributed by atoms with Gasteiger partial charge in [-0.05, 0) is 48.7 Å². The molecule has 2 N–H and O–H groups in total. The van der Waals surface area contributed by atoms with Gasteiger partial charge in [0.1, 0.15) is 0 Å². The van der Waals surface area contributed by atoms with E-state index in [2.05, 4.69) is 12.2 Å². The third-order valence-electron chi connectivity index (χ3n) is 6.54. The van der Waals surface area contributed by atoms with Gasteiger partial charge in [0.15, 0.2) is 0 Å². The monoisotopic (exact) mass is 506 g/mol. The largest absolute Gasteiger partial charge is 0.416 e. The van der Waals surface area contributed by atoms with Gasteiger partial charge < -0.3 is 10.5 Å². The van der Waals surface area contributed by atoms with Crippen molar-refractivity contribution < 1.29 is 23.2 Å². The fourth-order valence-electron chi connectivity index (χ4n) is 4.12. The van der Waals surface area contributed by atoms with Crippen molar-refractivity contribution in [2.75, 3.05) is 6.54 Å². The molecule has 1 amide bonds. The van der Waals surface area contributed by atoms with Crippen LogP contribution in [0.15, 0.2) is 48.5 Å². The summed E-state index contributed by atoms with van der Waals surface area (Å²) < 4.78 is 38.3. The van der Waals surface area contributed by atoms with E-state index in [0.29, 0.717) is 17.7 Å². The average Bonchev–Trinajstić information content (AvgIpc) is 2.86. The summed E-state index contributed by atoms with van der Waals surface area (Å²) in [5.41, 5.74) is 1.21. The number of carbonyl (C=O) groups excluding carboxylic acids is 1. The number of amides is 1. The second kappa shape index (κ2) is 15.7. The number of hydrogen-bond acceptors (Lipinski definition) is 3. The zero-order valence-corrected chi connectivity index (χ0v) is 21.6. The molecule has 0 aliphatic heterocycles. The predicted molar refractivity (Wildman–Crippen MR) is 138 cm³/mol. The Labute approximate surface area is 213 Å². The Bertz CT molecular complexity index is 883. The summed E-state index contributed by atoms with van der Waals surface area (Å²) in [6.45, 7) is 4.80. The van der Waals surface area contributed by atoms with Crippen molar-refractivity contribution in [3.63, 3.8) is 0 Å². The van der Waals surface area contributed by atoms with Gasteiger partial charge in [0.25, 0.3) is 5.91 Å². The van der Waals surface area contributed by atoms with Crippen LogP contribution in [0, 0.1) is 0 Å². The quantitative estimate of drug-likeness (QED) is 0.178. The van der Waals surface area contributed by atoms with E-state index < -0.39 is 17.8 Å². The first-order chi connectivity index (χ1) is 17.2. The van der Waals surface area contributed by atoms with Crippen molar-refractivity contribution in [2.45, 2.75) is 96.8 Å². The first-order valence-electron chi connectivity index (χ1n) is 13.2. The standard InChI is InChI=1S/C29H41F3N2O2/c1-3-4-5-6-7-8-9-10-11-12-21-33-28(35)26-15-13-24(14-16-26)22-34(36)23(2)25-17-19-27(20-18-25)29(30,31)32/h13-20,23,36H,3-12,21-22H2,1-2H3,(H,33,35). The van der Waals surface area contributed by atoms with Gasteiger partial charge in [-0.1, -0.05) is 89.0 Å². The van der Waals surface area contributed by atoms with Crippen LogP contribution in [0.5, 0.6) is 0 Å². The summed E-state index contributed by atoms with van der Waals surface area (Å²) in [7, 11) is 0. The molecule has 36 heavy (non-hydrogen) atoms. The van der Waals surface area contributed by atoms with Gasteiger partial charge in [0, 0.05) is 18.7 Å². The third kappa shape index (κ3) is 10.7. The van der Waals surface area contributed by atoms with E-state index in [1.807, 2.05) is 0 Å². The lowest BCUT2D eigenvalue weighted by molar-refractivity contribution is -0.137. The molecule has 200 valence electrons. The number of nitrogens with zero attached hydrogens (tertiary/aromatic N) is 1. The topological polar surface area (TPSA) is 52.6 Å². The number of hydrogen-bond donors (Lipinski definition) is 2. The number of alkyl halides is 3. The van der Waals surface area contributed by atoms with Crippen LogP contribution in [0.3, 0.4) is 0 Å².